The molecule has 0 saturated carbocycles. The normalized spacial score (nSPS) is 14.7. The molecule has 1 amide bonds. The van der Waals surface area contributed by atoms with Crippen LogP contribution in [0.15, 0.2) is 48.5 Å². The molecule has 136 valence electrons. The van der Waals surface area contributed by atoms with Gasteiger partial charge in [0, 0.05) is 28.9 Å². The Morgan fingerprint density at radius 1 is 1.12 bits per heavy atom. The minimum Gasteiger partial charge on any atom is -0.379 e. The van der Waals surface area contributed by atoms with Crippen LogP contribution in [0.1, 0.15) is 15.9 Å². The highest BCUT2D eigenvalue weighted by Crippen LogP contribution is 2.13. The van der Waals surface area contributed by atoms with Crippen molar-refractivity contribution in [1.82, 2.24) is 10.2 Å². The molecule has 1 aliphatic heterocycles. The van der Waals surface area contributed by atoms with Gasteiger partial charge in [-0.1, -0.05) is 24.3 Å². The molecule has 2 N–H and O–H groups in total. The average Bonchev–Trinajstić information content (AvgIpc) is 2.64. The summed E-state index contributed by atoms with van der Waals surface area (Å²) >= 11 is 7.39. The molecule has 1 saturated heterocycles. The van der Waals surface area contributed by atoms with Crippen LogP contribution >= 0.6 is 34.8 Å². The first-order chi connectivity index (χ1) is 12.6. The highest BCUT2D eigenvalue weighted by atomic mass is 127. The molecule has 1 heterocycles. The van der Waals surface area contributed by atoms with Crippen LogP contribution in [-0.2, 0) is 11.3 Å². The Morgan fingerprint density at radius 3 is 2.50 bits per heavy atom. The maximum Gasteiger partial charge on any atom is 0.258 e. The van der Waals surface area contributed by atoms with Gasteiger partial charge in [-0.25, -0.2) is 0 Å². The van der Waals surface area contributed by atoms with Crippen molar-refractivity contribution in [3.05, 3.63) is 63.2 Å². The number of benzene rings is 2. The Hall–Kier alpha value is -1.55. The van der Waals surface area contributed by atoms with E-state index in [0.717, 1.165) is 42.1 Å². The van der Waals surface area contributed by atoms with E-state index in [1.165, 1.54) is 5.56 Å². The van der Waals surface area contributed by atoms with Crippen molar-refractivity contribution in [3.8, 4) is 0 Å². The van der Waals surface area contributed by atoms with Gasteiger partial charge in [0.1, 0.15) is 0 Å². The molecule has 3 rings (SSSR count). The van der Waals surface area contributed by atoms with E-state index < -0.39 is 0 Å². The lowest BCUT2D eigenvalue weighted by Gasteiger charge is -2.26. The van der Waals surface area contributed by atoms with Gasteiger partial charge < -0.3 is 10.1 Å². The summed E-state index contributed by atoms with van der Waals surface area (Å²) in [5, 5.41) is 6.06. The standard InChI is InChI=1S/C19H20IN3O2S/c20-17-4-2-1-3-16(17)18(24)22-19(26)21-15-7-5-14(6-8-15)13-23-9-11-25-12-10-23/h1-8H,9-13H2,(H2,21,22,24,26). The SMILES string of the molecule is O=C(NC(=S)Nc1ccc(CN2CCOCC2)cc1)c1ccccc1I. The molecule has 0 unspecified atom stereocenters. The van der Waals surface area contributed by atoms with Gasteiger partial charge >= 0.3 is 0 Å². The second-order valence-corrected chi connectivity index (χ2v) is 7.54. The summed E-state index contributed by atoms with van der Waals surface area (Å²) in [7, 11) is 0. The van der Waals surface area contributed by atoms with Crippen molar-refractivity contribution in [2.24, 2.45) is 0 Å². The van der Waals surface area contributed by atoms with Crippen molar-refractivity contribution in [1.29, 1.82) is 0 Å². The number of hydrogen-bond donors (Lipinski definition) is 2. The lowest BCUT2D eigenvalue weighted by atomic mass is 10.2. The van der Waals surface area contributed by atoms with Crippen molar-refractivity contribution >= 4 is 51.5 Å². The molecule has 0 spiro atoms. The van der Waals surface area contributed by atoms with Gasteiger partial charge in [-0.2, -0.15) is 0 Å². The molecule has 2 aromatic carbocycles. The molecule has 7 heteroatoms. The number of anilines is 1. The van der Waals surface area contributed by atoms with Gasteiger partial charge in [-0.15, -0.1) is 0 Å². The van der Waals surface area contributed by atoms with Crippen LogP contribution in [0.25, 0.3) is 0 Å². The predicted octanol–water partition coefficient (Wildman–Crippen LogP) is 3.25. The molecule has 0 bridgehead atoms. The third kappa shape index (κ3) is 5.47. The summed E-state index contributed by atoms with van der Waals surface area (Å²) in [6, 6.07) is 15.5. The summed E-state index contributed by atoms with van der Waals surface area (Å²) in [4.78, 5) is 14.7. The minimum absolute atomic E-state index is 0.212. The first kappa shape index (κ1) is 19.2. The number of amides is 1. The summed E-state index contributed by atoms with van der Waals surface area (Å²) < 4.78 is 6.26. The van der Waals surface area contributed by atoms with Gasteiger partial charge in [0.2, 0.25) is 0 Å². The van der Waals surface area contributed by atoms with Crippen LogP contribution in [0.5, 0.6) is 0 Å². The molecule has 0 radical (unpaired) electrons. The average molecular weight is 481 g/mol. The number of halogens is 1. The van der Waals surface area contributed by atoms with Gasteiger partial charge in [-0.3, -0.25) is 15.0 Å². The van der Waals surface area contributed by atoms with Crippen LogP contribution in [0, 0.1) is 3.57 Å². The molecule has 1 fully saturated rings. The number of carbonyl (C=O) groups is 1. The Balaban J connectivity index is 1.52. The minimum atomic E-state index is -0.212. The second-order valence-electron chi connectivity index (χ2n) is 5.97. The number of nitrogens with one attached hydrogen (secondary N) is 2. The van der Waals surface area contributed by atoms with Crippen molar-refractivity contribution in [2.45, 2.75) is 6.54 Å². The van der Waals surface area contributed by atoms with Gasteiger partial charge in [0.25, 0.3) is 5.91 Å². The van der Waals surface area contributed by atoms with Gasteiger partial charge in [0.05, 0.1) is 18.8 Å². The predicted molar refractivity (Wildman–Crippen MR) is 115 cm³/mol. The third-order valence-corrected chi connectivity index (χ3v) is 5.21. The lowest BCUT2D eigenvalue weighted by molar-refractivity contribution is 0.0342. The molecular formula is C19H20IN3O2S. The number of ether oxygens (including phenoxy) is 1. The number of thiocarbonyl (C=S) groups is 1. The molecule has 2 aromatic rings. The zero-order valence-electron chi connectivity index (χ0n) is 14.2. The van der Waals surface area contributed by atoms with E-state index in [-0.39, 0.29) is 11.0 Å². The first-order valence-corrected chi connectivity index (χ1v) is 9.86. The molecule has 0 aliphatic carbocycles. The number of nitrogens with zero attached hydrogens (tertiary/aromatic N) is 1. The number of morpholine rings is 1. The second kappa shape index (κ2) is 9.40. The fraction of sp³-hybridized carbons (Fsp3) is 0.263. The third-order valence-electron chi connectivity index (χ3n) is 4.07. The molecular weight excluding hydrogens is 461 g/mol. The molecule has 1 aliphatic rings. The van der Waals surface area contributed by atoms with Gasteiger partial charge in [-0.05, 0) is 64.6 Å². The van der Waals surface area contributed by atoms with E-state index in [1.54, 1.807) is 6.07 Å². The Labute approximate surface area is 172 Å². The summed E-state index contributed by atoms with van der Waals surface area (Å²) in [5.41, 5.74) is 2.70. The van der Waals surface area contributed by atoms with Crippen LogP contribution in [-0.4, -0.2) is 42.2 Å². The maximum atomic E-state index is 12.3. The van der Waals surface area contributed by atoms with E-state index in [9.17, 15) is 4.79 Å². The van der Waals surface area contributed by atoms with Crippen molar-refractivity contribution in [2.75, 3.05) is 31.6 Å². The molecule has 26 heavy (non-hydrogen) atoms. The fourth-order valence-electron chi connectivity index (χ4n) is 2.69. The topological polar surface area (TPSA) is 53.6 Å². The van der Waals surface area contributed by atoms with E-state index in [2.05, 4.69) is 50.3 Å². The fourth-order valence-corrected chi connectivity index (χ4v) is 3.53. The molecule has 0 atom stereocenters. The van der Waals surface area contributed by atoms with Crippen molar-refractivity contribution < 1.29 is 9.53 Å². The Bertz CT molecular complexity index is 777. The maximum absolute atomic E-state index is 12.3. The monoisotopic (exact) mass is 481 g/mol. The zero-order chi connectivity index (χ0) is 18.4. The highest BCUT2D eigenvalue weighted by Gasteiger charge is 2.12. The smallest absolute Gasteiger partial charge is 0.258 e. The largest absolute Gasteiger partial charge is 0.379 e. The summed E-state index contributed by atoms with van der Waals surface area (Å²) in [6.45, 7) is 4.45. The number of rotatable bonds is 4. The van der Waals surface area contributed by atoms with E-state index >= 15 is 0 Å². The zero-order valence-corrected chi connectivity index (χ0v) is 17.2. The quantitative estimate of drug-likeness (QED) is 0.519. The van der Waals surface area contributed by atoms with E-state index in [1.807, 2.05) is 30.3 Å². The molecule has 0 aromatic heterocycles. The first-order valence-electron chi connectivity index (χ1n) is 8.38. The van der Waals surface area contributed by atoms with Gasteiger partial charge in [0.15, 0.2) is 5.11 Å². The van der Waals surface area contributed by atoms with Crippen LogP contribution in [0.3, 0.4) is 0 Å². The number of carbonyl (C=O) groups excluding carboxylic acids is 1. The van der Waals surface area contributed by atoms with Crippen molar-refractivity contribution in [3.63, 3.8) is 0 Å². The Morgan fingerprint density at radius 2 is 1.81 bits per heavy atom. The van der Waals surface area contributed by atoms with Crippen LogP contribution < -0.4 is 10.6 Å². The van der Waals surface area contributed by atoms with Crippen LogP contribution in [0.2, 0.25) is 0 Å². The molecule has 5 nitrogen and oxygen atoms in total. The Kier molecular flexibility index (Phi) is 6.95. The van der Waals surface area contributed by atoms with E-state index in [4.69, 9.17) is 17.0 Å². The lowest BCUT2D eigenvalue weighted by Crippen LogP contribution is -2.35. The van der Waals surface area contributed by atoms with E-state index in [0.29, 0.717) is 5.56 Å². The number of hydrogen-bond acceptors (Lipinski definition) is 4. The highest BCUT2D eigenvalue weighted by molar-refractivity contribution is 14.1. The summed E-state index contributed by atoms with van der Waals surface area (Å²) in [6.07, 6.45) is 0. The summed E-state index contributed by atoms with van der Waals surface area (Å²) in [5.74, 6) is -0.212. The van der Waals surface area contributed by atoms with Crippen LogP contribution in [0.4, 0.5) is 5.69 Å².